The number of nitrogens with zero attached hydrogens (tertiary/aromatic N) is 2. The van der Waals surface area contributed by atoms with Gasteiger partial charge in [-0.05, 0) is 103 Å². The fourth-order valence-corrected chi connectivity index (χ4v) is 7.36. The number of esters is 4. The van der Waals surface area contributed by atoms with E-state index in [9.17, 15) is 51.1 Å². The van der Waals surface area contributed by atoms with E-state index < -0.39 is 77.3 Å². The predicted molar refractivity (Wildman–Crippen MR) is 292 cm³/mol. The van der Waals surface area contributed by atoms with Gasteiger partial charge in [0.15, 0.2) is 34.7 Å². The molecule has 0 aliphatic rings. The van der Waals surface area contributed by atoms with Gasteiger partial charge in [0.1, 0.15) is 35.5 Å². The van der Waals surface area contributed by atoms with Gasteiger partial charge in [0.2, 0.25) is 16.7 Å². The summed E-state index contributed by atoms with van der Waals surface area (Å²) in [4.78, 5) is 88.6. The summed E-state index contributed by atoms with van der Waals surface area (Å²) in [6.07, 6.45) is 1.10. The number of halogens is 6. The van der Waals surface area contributed by atoms with Gasteiger partial charge in [-0.1, -0.05) is 76.2 Å². The molecular weight excluding hydrogens is 1130 g/mol. The van der Waals surface area contributed by atoms with E-state index in [2.05, 4.69) is 15.7 Å². The zero-order chi connectivity index (χ0) is 61.6. The number of carbonyl (C=O) groups is 7. The number of benzene rings is 4. The first-order valence-electron chi connectivity index (χ1n) is 25.1. The number of aromatic carboxylic acids is 1. The summed E-state index contributed by atoms with van der Waals surface area (Å²) in [5, 5.41) is 8.50. The van der Waals surface area contributed by atoms with Gasteiger partial charge in [-0.15, -0.1) is 0 Å². The standard InChI is InChI=1S/C28H27F2NO6.C18H19F2NO2.C9H9NO5.C5H9ClO.ClH/c1-16(15-23(33)26-27(37-18(3)32)24(35-4)13-14-31-26)28(34)36-17(2)25(19-5-9-21(29)10-6-19)20-7-11-22(30)12-8-20;1-11(21)18(22)23-12(2)17(13-3-7-15(19)8-4-13)14-5-9-16(20)10-6-14;1-5(11)15-8-6(14-2)3-4-10-7(8)9(12)13;1-5(2,3)4(6)7;/h5-14,16-17,25H,15H2,1-4H3;3-12,17H,21H2,1-2H3;3-4H,1-2H3,(H,12,13);1-3H3;1H/t16-,17+;11-,12-;;;/m10.../s1. The van der Waals surface area contributed by atoms with Gasteiger partial charge in [-0.25, -0.2) is 37.1 Å². The number of aromatic nitrogens is 2. The van der Waals surface area contributed by atoms with Crippen LogP contribution in [-0.4, -0.2) is 88.4 Å². The van der Waals surface area contributed by atoms with Crippen LogP contribution in [0.5, 0.6) is 23.0 Å². The molecule has 83 heavy (non-hydrogen) atoms. The number of Topliss-reactive ketones (excluding diaryl/α,β-unsaturated/α-hetero) is 1. The van der Waals surface area contributed by atoms with Crippen molar-refractivity contribution in [3.05, 3.63) is 178 Å². The second-order valence-electron chi connectivity index (χ2n) is 19.3. The molecule has 446 valence electrons. The molecule has 0 aliphatic carbocycles. The number of carboxylic acid groups (broad SMARTS) is 1. The molecule has 0 unspecified atom stereocenters. The second kappa shape index (κ2) is 33.6. The van der Waals surface area contributed by atoms with Gasteiger partial charge in [0, 0.05) is 62.0 Å². The van der Waals surface area contributed by atoms with E-state index in [1.54, 1.807) is 90.1 Å². The van der Waals surface area contributed by atoms with Gasteiger partial charge in [-0.2, -0.15) is 0 Å². The molecule has 0 saturated carbocycles. The number of hydrogen-bond acceptors (Lipinski definition) is 15. The number of carbonyl (C=O) groups excluding carboxylic acids is 6. The lowest BCUT2D eigenvalue weighted by atomic mass is 9.87. The van der Waals surface area contributed by atoms with Crippen LogP contribution in [0.3, 0.4) is 0 Å². The molecule has 0 radical (unpaired) electrons. The number of quaternary nitrogens is 1. The van der Waals surface area contributed by atoms with Crippen molar-refractivity contribution in [3.63, 3.8) is 0 Å². The Bertz CT molecular complexity index is 3040. The van der Waals surface area contributed by atoms with Gasteiger partial charge in [0.05, 0.1) is 20.1 Å². The first kappa shape index (κ1) is 70.8. The normalized spacial score (nSPS) is 12.0. The predicted octanol–water partition coefficient (Wildman–Crippen LogP) is 7.44. The molecule has 6 aromatic rings. The highest BCUT2D eigenvalue weighted by molar-refractivity contribution is 6.64. The third-order valence-electron chi connectivity index (χ3n) is 11.5. The lowest BCUT2D eigenvalue weighted by Crippen LogP contribution is -3.00. The maximum Gasteiger partial charge on any atom is 0.364 e. The lowest BCUT2D eigenvalue weighted by molar-refractivity contribution is -0.403. The smallest absolute Gasteiger partial charge is 0.364 e. The molecule has 0 bridgehead atoms. The maximum absolute atomic E-state index is 13.5. The van der Waals surface area contributed by atoms with Crippen LogP contribution in [0.2, 0.25) is 0 Å². The topological polar surface area (TPSA) is 249 Å². The Morgan fingerprint density at radius 1 is 0.554 bits per heavy atom. The molecule has 2 aromatic heterocycles. The minimum Gasteiger partial charge on any atom is -1.00 e. The molecule has 0 fully saturated rings. The largest absolute Gasteiger partial charge is 1.00 e. The highest BCUT2D eigenvalue weighted by Gasteiger charge is 2.31. The fourth-order valence-electron chi connectivity index (χ4n) is 7.36. The van der Waals surface area contributed by atoms with Crippen molar-refractivity contribution in [3.8, 4) is 23.0 Å². The van der Waals surface area contributed by atoms with Crippen molar-refractivity contribution in [2.24, 2.45) is 11.3 Å². The van der Waals surface area contributed by atoms with Gasteiger partial charge in [-0.3, -0.25) is 24.0 Å². The molecule has 0 saturated heterocycles. The van der Waals surface area contributed by atoms with Crippen molar-refractivity contribution in [1.82, 2.24) is 9.97 Å². The average Bonchev–Trinajstić information content (AvgIpc) is 3.48. The van der Waals surface area contributed by atoms with Crippen LogP contribution in [0.25, 0.3) is 0 Å². The Morgan fingerprint density at radius 3 is 1.13 bits per heavy atom. The summed E-state index contributed by atoms with van der Waals surface area (Å²) < 4.78 is 84.4. The van der Waals surface area contributed by atoms with E-state index in [1.165, 1.54) is 101 Å². The Labute approximate surface area is 489 Å². The molecule has 0 aliphatic heterocycles. The molecule has 2 heterocycles. The minimum atomic E-state index is -1.29. The SMILES string of the molecule is CC(C)(C)C(=O)Cl.COc1ccnc(C(=O)C[C@@H](C)C(=O)O[C@@H](C)C(c2ccc(F)cc2)c2ccc(F)cc2)c1OC(C)=O.COc1ccnc(C(=O)O)c1OC(C)=O.C[C@H]([NH3+])C(=O)O[C@@H](C)C(c1ccc(F)cc1)c1ccc(F)cc1.[Cl-]. The molecule has 17 nitrogen and oxygen atoms in total. The lowest BCUT2D eigenvalue weighted by Gasteiger charge is -2.26. The van der Waals surface area contributed by atoms with E-state index in [0.29, 0.717) is 11.1 Å². The van der Waals surface area contributed by atoms with E-state index in [4.69, 9.17) is 45.1 Å². The third-order valence-corrected chi connectivity index (χ3v) is 12.0. The Balaban J connectivity index is 0.000000433. The van der Waals surface area contributed by atoms with Crippen molar-refractivity contribution in [1.29, 1.82) is 0 Å². The summed E-state index contributed by atoms with van der Waals surface area (Å²) in [6.45, 7) is 14.3. The molecule has 4 aromatic carbocycles. The van der Waals surface area contributed by atoms with Gasteiger partial charge < -0.3 is 51.7 Å². The van der Waals surface area contributed by atoms with Crippen molar-refractivity contribution in [2.75, 3.05) is 14.2 Å². The quantitative estimate of drug-likeness (QED) is 0.0367. The van der Waals surface area contributed by atoms with Crippen LogP contribution in [0, 0.1) is 34.6 Å². The van der Waals surface area contributed by atoms with E-state index in [1.807, 2.05) is 0 Å². The summed E-state index contributed by atoms with van der Waals surface area (Å²) >= 11 is 5.11. The monoisotopic (exact) mass is 1200 g/mol. The van der Waals surface area contributed by atoms with Crippen LogP contribution in [0.4, 0.5) is 17.6 Å². The third kappa shape index (κ3) is 22.5. The van der Waals surface area contributed by atoms with E-state index >= 15 is 0 Å². The number of ether oxygens (including phenoxy) is 6. The first-order valence-corrected chi connectivity index (χ1v) is 25.5. The summed E-state index contributed by atoms with van der Waals surface area (Å²) in [5.74, 6) is -7.40. The number of carboxylic acids is 1. The maximum atomic E-state index is 13.5. The second-order valence-corrected chi connectivity index (χ2v) is 19.6. The summed E-state index contributed by atoms with van der Waals surface area (Å²) in [6, 6.07) is 25.8. The molecule has 6 rings (SSSR count). The number of ketones is 1. The average molecular weight is 1200 g/mol. The highest BCUT2D eigenvalue weighted by Crippen LogP contribution is 2.35. The van der Waals surface area contributed by atoms with Crippen LogP contribution in [0.1, 0.15) is 124 Å². The summed E-state index contributed by atoms with van der Waals surface area (Å²) in [5.41, 5.74) is 5.69. The van der Waals surface area contributed by atoms with Crippen LogP contribution in [0.15, 0.2) is 122 Å². The van der Waals surface area contributed by atoms with Crippen LogP contribution in [-0.2, 0) is 33.4 Å². The Hall–Kier alpha value is -8.27. The molecule has 23 heteroatoms. The highest BCUT2D eigenvalue weighted by atomic mass is 35.5. The van der Waals surface area contributed by atoms with Crippen molar-refractivity contribution < 1.29 is 103 Å². The number of pyridine rings is 2. The van der Waals surface area contributed by atoms with Crippen molar-refractivity contribution >= 4 is 52.5 Å². The molecule has 4 N–H and O–H groups in total. The minimum absolute atomic E-state index is 0. The van der Waals surface area contributed by atoms with Crippen LogP contribution < -0.4 is 37.1 Å². The molecule has 0 spiro atoms. The van der Waals surface area contributed by atoms with Crippen LogP contribution >= 0.6 is 11.6 Å². The zero-order valence-corrected chi connectivity index (χ0v) is 48.9. The number of rotatable bonds is 18. The van der Waals surface area contributed by atoms with Crippen molar-refractivity contribution in [2.45, 2.75) is 98.8 Å². The van der Waals surface area contributed by atoms with E-state index in [0.717, 1.165) is 18.1 Å². The zero-order valence-electron chi connectivity index (χ0n) is 47.3. The Kier molecular flexibility index (Phi) is 28.7. The Morgan fingerprint density at radius 2 is 0.855 bits per heavy atom. The van der Waals surface area contributed by atoms with Gasteiger partial charge in [0.25, 0.3) is 0 Å². The molecule has 4 atom stereocenters. The first-order chi connectivity index (χ1) is 38.5. The molecular formula is C60H65Cl2F4N3O14. The number of methoxy groups -OCH3 is 2. The number of hydrogen-bond donors (Lipinski definition) is 2. The molecule has 0 amide bonds. The van der Waals surface area contributed by atoms with Gasteiger partial charge >= 0.3 is 29.8 Å². The summed E-state index contributed by atoms with van der Waals surface area (Å²) in [7, 11) is 2.70. The van der Waals surface area contributed by atoms with E-state index in [-0.39, 0.29) is 81.4 Å². The fraction of sp³-hybridized carbons (Fsp3) is 0.317.